The van der Waals surface area contributed by atoms with Crippen molar-refractivity contribution in [2.75, 3.05) is 12.4 Å². The van der Waals surface area contributed by atoms with Crippen LogP contribution in [0.25, 0.3) is 10.8 Å². The van der Waals surface area contributed by atoms with Gasteiger partial charge in [0.2, 0.25) is 0 Å². The van der Waals surface area contributed by atoms with Crippen LogP contribution in [0, 0.1) is 0 Å². The summed E-state index contributed by atoms with van der Waals surface area (Å²) in [6.07, 6.45) is -0.604. The summed E-state index contributed by atoms with van der Waals surface area (Å²) in [5.74, 6) is 0.971. The second kappa shape index (κ2) is 7.11. The van der Waals surface area contributed by atoms with Crippen molar-refractivity contribution >= 4 is 50.1 Å². The number of carbonyl (C=O) groups is 1. The van der Waals surface area contributed by atoms with Crippen LogP contribution in [0.4, 0.5) is 10.5 Å². The maximum Gasteiger partial charge on any atom is 0.417 e. The summed E-state index contributed by atoms with van der Waals surface area (Å²) in [4.78, 5) is 12.1. The smallest absolute Gasteiger partial charge is 0.417 e. The number of nitrogens with one attached hydrogen (secondary N) is 1. The fourth-order valence-corrected chi connectivity index (χ4v) is 3.11. The number of amides is 1. The number of fused-ring (bicyclic) bond motifs is 1. The van der Waals surface area contributed by atoms with Crippen LogP contribution in [0.5, 0.6) is 11.5 Å². The number of halogens is 2. The Morgan fingerprint density at radius 3 is 2.58 bits per heavy atom. The van der Waals surface area contributed by atoms with Gasteiger partial charge in [0, 0.05) is 5.69 Å². The number of benzene rings is 3. The van der Waals surface area contributed by atoms with Crippen LogP contribution in [-0.4, -0.2) is 13.2 Å². The molecule has 3 aromatic rings. The highest BCUT2D eigenvalue weighted by molar-refractivity contribution is 9.10. The molecule has 0 aromatic heterocycles. The number of methoxy groups -OCH3 is 1. The van der Waals surface area contributed by atoms with Gasteiger partial charge in [0.05, 0.1) is 16.6 Å². The molecule has 0 spiro atoms. The van der Waals surface area contributed by atoms with Gasteiger partial charge in [-0.3, -0.25) is 5.32 Å². The number of hydrogen-bond acceptors (Lipinski definition) is 3. The zero-order valence-electron chi connectivity index (χ0n) is 12.7. The van der Waals surface area contributed by atoms with Crippen molar-refractivity contribution in [1.82, 2.24) is 0 Å². The molecule has 3 aromatic carbocycles. The summed E-state index contributed by atoms with van der Waals surface area (Å²) in [5, 5.41) is 5.06. The van der Waals surface area contributed by atoms with E-state index in [1.54, 1.807) is 24.3 Å². The topological polar surface area (TPSA) is 47.6 Å². The van der Waals surface area contributed by atoms with Crippen molar-refractivity contribution < 1.29 is 14.3 Å². The third kappa shape index (κ3) is 3.47. The first-order chi connectivity index (χ1) is 11.6. The van der Waals surface area contributed by atoms with Crippen LogP contribution in [-0.2, 0) is 0 Å². The molecular formula is C18H13BrClNO3. The molecule has 0 saturated heterocycles. The highest BCUT2D eigenvalue weighted by Gasteiger charge is 2.11. The van der Waals surface area contributed by atoms with E-state index in [4.69, 9.17) is 21.1 Å². The van der Waals surface area contributed by atoms with Crippen molar-refractivity contribution in [3.63, 3.8) is 0 Å². The van der Waals surface area contributed by atoms with E-state index in [1.807, 2.05) is 30.3 Å². The summed E-state index contributed by atoms with van der Waals surface area (Å²) in [6.45, 7) is 0. The van der Waals surface area contributed by atoms with Gasteiger partial charge >= 0.3 is 6.09 Å². The van der Waals surface area contributed by atoms with E-state index >= 15 is 0 Å². The molecule has 0 radical (unpaired) electrons. The molecule has 3 rings (SSSR count). The first-order valence-corrected chi connectivity index (χ1v) is 8.25. The number of anilines is 1. The molecule has 1 amide bonds. The van der Waals surface area contributed by atoms with E-state index in [2.05, 4.69) is 21.2 Å². The maximum absolute atomic E-state index is 12.1. The number of ether oxygens (including phenoxy) is 2. The van der Waals surface area contributed by atoms with E-state index in [9.17, 15) is 4.79 Å². The Labute approximate surface area is 152 Å². The lowest BCUT2D eigenvalue weighted by Crippen LogP contribution is -2.17. The molecule has 4 nitrogen and oxygen atoms in total. The third-order valence-corrected chi connectivity index (χ3v) is 4.54. The summed E-state index contributed by atoms with van der Waals surface area (Å²) in [6, 6.07) is 16.4. The second-order valence-electron chi connectivity index (χ2n) is 4.96. The summed E-state index contributed by atoms with van der Waals surface area (Å²) >= 11 is 9.52. The Morgan fingerprint density at radius 2 is 1.83 bits per heavy atom. The highest BCUT2D eigenvalue weighted by Crippen LogP contribution is 2.33. The van der Waals surface area contributed by atoms with Crippen LogP contribution in [0.15, 0.2) is 59.1 Å². The minimum Gasteiger partial charge on any atom is -0.495 e. The summed E-state index contributed by atoms with van der Waals surface area (Å²) in [7, 11) is 1.53. The van der Waals surface area contributed by atoms with E-state index < -0.39 is 6.09 Å². The molecule has 6 heteroatoms. The van der Waals surface area contributed by atoms with E-state index in [-0.39, 0.29) is 0 Å². The van der Waals surface area contributed by atoms with Gasteiger partial charge in [0.15, 0.2) is 0 Å². The van der Waals surface area contributed by atoms with Crippen LogP contribution in [0.2, 0.25) is 5.02 Å². The first-order valence-electron chi connectivity index (χ1n) is 7.08. The molecule has 0 fully saturated rings. The quantitative estimate of drug-likeness (QED) is 0.591. The van der Waals surface area contributed by atoms with E-state index in [1.165, 1.54) is 7.11 Å². The Morgan fingerprint density at radius 1 is 1.08 bits per heavy atom. The largest absolute Gasteiger partial charge is 0.495 e. The monoisotopic (exact) mass is 405 g/mol. The zero-order valence-corrected chi connectivity index (χ0v) is 15.0. The molecule has 0 atom stereocenters. The van der Waals surface area contributed by atoms with Crippen LogP contribution in [0.3, 0.4) is 0 Å². The highest BCUT2D eigenvalue weighted by atomic mass is 79.9. The minimum absolute atomic E-state index is 0.405. The Kier molecular flexibility index (Phi) is 4.92. The molecule has 0 aliphatic heterocycles. The van der Waals surface area contributed by atoms with Gasteiger partial charge < -0.3 is 9.47 Å². The van der Waals surface area contributed by atoms with Gasteiger partial charge in [-0.25, -0.2) is 4.79 Å². The fraction of sp³-hybridized carbons (Fsp3) is 0.0556. The predicted molar refractivity (Wildman–Crippen MR) is 99.3 cm³/mol. The SMILES string of the molecule is COc1ccc(NC(=O)Oc2ccc3ccccc3c2Br)cc1Cl. The average Bonchev–Trinajstić information content (AvgIpc) is 2.58. The average molecular weight is 407 g/mol. The molecular weight excluding hydrogens is 394 g/mol. The molecule has 0 saturated carbocycles. The van der Waals surface area contributed by atoms with Crippen LogP contribution in [0.1, 0.15) is 0 Å². The van der Waals surface area contributed by atoms with Crippen LogP contribution < -0.4 is 14.8 Å². The van der Waals surface area contributed by atoms with Crippen molar-refractivity contribution in [1.29, 1.82) is 0 Å². The summed E-state index contributed by atoms with van der Waals surface area (Å²) < 4.78 is 11.2. The van der Waals surface area contributed by atoms with Crippen molar-refractivity contribution in [3.05, 3.63) is 64.1 Å². The predicted octanol–water partition coefficient (Wildman–Crippen LogP) is 5.88. The molecule has 0 heterocycles. The van der Waals surface area contributed by atoms with Gasteiger partial charge in [0.25, 0.3) is 0 Å². The number of rotatable bonds is 3. The summed E-state index contributed by atoms with van der Waals surface area (Å²) in [5.41, 5.74) is 0.516. The molecule has 1 N–H and O–H groups in total. The lowest BCUT2D eigenvalue weighted by Gasteiger charge is -2.11. The van der Waals surface area contributed by atoms with Crippen molar-refractivity contribution in [2.24, 2.45) is 0 Å². The molecule has 0 aliphatic carbocycles. The van der Waals surface area contributed by atoms with E-state index in [0.29, 0.717) is 22.2 Å². The number of hydrogen-bond donors (Lipinski definition) is 1. The van der Waals surface area contributed by atoms with Crippen molar-refractivity contribution in [2.45, 2.75) is 0 Å². The van der Waals surface area contributed by atoms with Gasteiger partial charge in [-0.1, -0.05) is 41.9 Å². The van der Waals surface area contributed by atoms with Crippen LogP contribution >= 0.6 is 27.5 Å². The van der Waals surface area contributed by atoms with E-state index in [0.717, 1.165) is 15.2 Å². The van der Waals surface area contributed by atoms with Gasteiger partial charge in [-0.2, -0.15) is 0 Å². The molecule has 0 aliphatic rings. The number of carbonyl (C=O) groups excluding carboxylic acids is 1. The molecule has 0 unspecified atom stereocenters. The normalized spacial score (nSPS) is 10.5. The first kappa shape index (κ1) is 16.6. The zero-order chi connectivity index (χ0) is 17.1. The van der Waals surface area contributed by atoms with Crippen molar-refractivity contribution in [3.8, 4) is 11.5 Å². The van der Waals surface area contributed by atoms with Gasteiger partial charge in [-0.15, -0.1) is 0 Å². The molecule has 0 bridgehead atoms. The van der Waals surface area contributed by atoms with Gasteiger partial charge in [-0.05, 0) is 51.0 Å². The lowest BCUT2D eigenvalue weighted by atomic mass is 10.1. The maximum atomic E-state index is 12.1. The Balaban J connectivity index is 1.78. The lowest BCUT2D eigenvalue weighted by molar-refractivity contribution is 0.215. The molecule has 122 valence electrons. The Bertz CT molecular complexity index is 914. The third-order valence-electron chi connectivity index (χ3n) is 3.43. The fourth-order valence-electron chi connectivity index (χ4n) is 2.28. The second-order valence-corrected chi connectivity index (χ2v) is 6.16. The Hall–Kier alpha value is -2.24. The van der Waals surface area contributed by atoms with Gasteiger partial charge in [0.1, 0.15) is 11.5 Å². The standard InChI is InChI=1S/C18H13BrClNO3/c1-23-15-9-7-12(10-14(15)20)21-18(22)24-16-8-6-11-4-2-3-5-13(11)17(16)19/h2-10H,1H3,(H,21,22). The minimum atomic E-state index is -0.604. The molecule has 24 heavy (non-hydrogen) atoms.